The van der Waals surface area contributed by atoms with Gasteiger partial charge in [-0.05, 0) is 49.9 Å². The molecule has 1 N–H and O–H groups in total. The minimum atomic E-state index is 0.357. The Bertz CT molecular complexity index is 495. The highest BCUT2D eigenvalue weighted by Gasteiger charge is 2.13. The number of rotatable bonds is 4. The highest BCUT2D eigenvalue weighted by Crippen LogP contribution is 2.23. The van der Waals surface area contributed by atoms with E-state index in [4.69, 9.17) is 0 Å². The Kier molecular flexibility index (Phi) is 4.39. The highest BCUT2D eigenvalue weighted by molar-refractivity contribution is 5.31. The number of benzene rings is 2. The molecule has 1 heteroatoms. The fourth-order valence-corrected chi connectivity index (χ4v) is 2.70. The van der Waals surface area contributed by atoms with Crippen molar-refractivity contribution in [2.75, 3.05) is 0 Å². The molecule has 2 aromatic rings. The molecular formula is C18H23N. The second-order valence-electron chi connectivity index (χ2n) is 5.32. The van der Waals surface area contributed by atoms with E-state index >= 15 is 0 Å². The van der Waals surface area contributed by atoms with Gasteiger partial charge in [-0.25, -0.2) is 0 Å². The van der Waals surface area contributed by atoms with Crippen LogP contribution in [0, 0.1) is 13.8 Å². The molecule has 0 bridgehead atoms. The molecule has 0 aliphatic rings. The van der Waals surface area contributed by atoms with Crippen molar-refractivity contribution in [1.82, 2.24) is 5.32 Å². The first-order chi connectivity index (χ1) is 9.09. The van der Waals surface area contributed by atoms with E-state index in [1.807, 2.05) is 0 Å². The standard InChI is InChI=1S/C18H23N/c1-13-9-5-7-11-17(13)15(3)19-16(4)18-12-8-6-10-14(18)2/h5-12,15-16,19H,1-4H3/t15-,16?/m1/s1. The molecule has 0 amide bonds. The van der Waals surface area contributed by atoms with E-state index in [1.165, 1.54) is 22.3 Å². The van der Waals surface area contributed by atoms with Crippen LogP contribution in [0.1, 0.15) is 48.2 Å². The summed E-state index contributed by atoms with van der Waals surface area (Å²) >= 11 is 0. The minimum Gasteiger partial charge on any atom is -0.304 e. The van der Waals surface area contributed by atoms with Crippen LogP contribution in [0.25, 0.3) is 0 Å². The number of nitrogens with one attached hydrogen (secondary N) is 1. The van der Waals surface area contributed by atoms with Gasteiger partial charge in [0.1, 0.15) is 0 Å². The smallest absolute Gasteiger partial charge is 0.0300 e. The van der Waals surface area contributed by atoms with Crippen LogP contribution in [0.3, 0.4) is 0 Å². The van der Waals surface area contributed by atoms with Gasteiger partial charge in [0.05, 0.1) is 0 Å². The summed E-state index contributed by atoms with van der Waals surface area (Å²) in [6.07, 6.45) is 0. The molecule has 0 radical (unpaired) electrons. The van der Waals surface area contributed by atoms with Crippen molar-refractivity contribution in [2.24, 2.45) is 0 Å². The van der Waals surface area contributed by atoms with Crippen molar-refractivity contribution >= 4 is 0 Å². The second kappa shape index (κ2) is 6.03. The van der Waals surface area contributed by atoms with Gasteiger partial charge in [0.15, 0.2) is 0 Å². The SMILES string of the molecule is Cc1ccccc1C(C)N[C@H](C)c1ccccc1C. The van der Waals surface area contributed by atoms with E-state index in [-0.39, 0.29) is 0 Å². The molecule has 0 heterocycles. The van der Waals surface area contributed by atoms with E-state index in [9.17, 15) is 0 Å². The summed E-state index contributed by atoms with van der Waals surface area (Å²) in [5, 5.41) is 3.69. The minimum absolute atomic E-state index is 0.357. The van der Waals surface area contributed by atoms with Gasteiger partial charge in [0.2, 0.25) is 0 Å². The molecule has 19 heavy (non-hydrogen) atoms. The Labute approximate surface area is 116 Å². The monoisotopic (exact) mass is 253 g/mol. The molecular weight excluding hydrogens is 230 g/mol. The maximum Gasteiger partial charge on any atom is 0.0300 e. The van der Waals surface area contributed by atoms with E-state index < -0.39 is 0 Å². The van der Waals surface area contributed by atoms with Crippen LogP contribution in [0.15, 0.2) is 48.5 Å². The number of aryl methyl sites for hydroxylation is 2. The topological polar surface area (TPSA) is 12.0 Å². The van der Waals surface area contributed by atoms with Gasteiger partial charge in [-0.1, -0.05) is 48.5 Å². The third-order valence-corrected chi connectivity index (χ3v) is 3.81. The Balaban J connectivity index is 2.13. The zero-order valence-electron chi connectivity index (χ0n) is 12.3. The number of hydrogen-bond donors (Lipinski definition) is 1. The third-order valence-electron chi connectivity index (χ3n) is 3.81. The summed E-state index contributed by atoms with van der Waals surface area (Å²) in [6, 6.07) is 17.9. The van der Waals surface area contributed by atoms with Crippen LogP contribution in [0.2, 0.25) is 0 Å². The van der Waals surface area contributed by atoms with Crippen LogP contribution in [-0.2, 0) is 0 Å². The van der Waals surface area contributed by atoms with Crippen molar-refractivity contribution in [2.45, 2.75) is 39.8 Å². The second-order valence-corrected chi connectivity index (χ2v) is 5.32. The van der Waals surface area contributed by atoms with Gasteiger partial charge in [-0.15, -0.1) is 0 Å². The summed E-state index contributed by atoms with van der Waals surface area (Å²) in [5.74, 6) is 0. The first kappa shape index (κ1) is 13.8. The zero-order chi connectivity index (χ0) is 13.8. The summed E-state index contributed by atoms with van der Waals surface area (Å²) in [4.78, 5) is 0. The van der Waals surface area contributed by atoms with Crippen LogP contribution in [-0.4, -0.2) is 0 Å². The molecule has 1 unspecified atom stereocenters. The maximum absolute atomic E-state index is 3.69. The Morgan fingerprint density at radius 3 is 1.42 bits per heavy atom. The molecule has 100 valence electrons. The van der Waals surface area contributed by atoms with Crippen LogP contribution in [0.5, 0.6) is 0 Å². The average Bonchev–Trinajstić information content (AvgIpc) is 2.39. The fourth-order valence-electron chi connectivity index (χ4n) is 2.70. The van der Waals surface area contributed by atoms with Gasteiger partial charge in [0.25, 0.3) is 0 Å². The third kappa shape index (κ3) is 3.24. The van der Waals surface area contributed by atoms with Gasteiger partial charge in [-0.2, -0.15) is 0 Å². The van der Waals surface area contributed by atoms with Crippen molar-refractivity contribution in [3.05, 3.63) is 70.8 Å². The molecule has 0 spiro atoms. The van der Waals surface area contributed by atoms with Gasteiger partial charge >= 0.3 is 0 Å². The van der Waals surface area contributed by atoms with Gasteiger partial charge in [-0.3, -0.25) is 0 Å². The Hall–Kier alpha value is -1.60. The quantitative estimate of drug-likeness (QED) is 0.831. The molecule has 0 aromatic heterocycles. The van der Waals surface area contributed by atoms with Crippen molar-refractivity contribution in [3.8, 4) is 0 Å². The summed E-state index contributed by atoms with van der Waals surface area (Å²) < 4.78 is 0. The predicted octanol–water partition coefficient (Wildman–Crippen LogP) is 4.72. The first-order valence-corrected chi connectivity index (χ1v) is 6.96. The van der Waals surface area contributed by atoms with Crippen LogP contribution in [0.4, 0.5) is 0 Å². The normalized spacial score (nSPS) is 14.1. The lowest BCUT2D eigenvalue weighted by atomic mass is 9.98. The fraction of sp³-hybridized carbons (Fsp3) is 0.333. The lowest BCUT2D eigenvalue weighted by Gasteiger charge is -2.23. The van der Waals surface area contributed by atoms with Crippen molar-refractivity contribution in [1.29, 1.82) is 0 Å². The molecule has 0 fully saturated rings. The largest absolute Gasteiger partial charge is 0.304 e. The molecule has 0 aliphatic carbocycles. The van der Waals surface area contributed by atoms with Crippen molar-refractivity contribution < 1.29 is 0 Å². The molecule has 2 aromatic carbocycles. The molecule has 0 aliphatic heterocycles. The average molecular weight is 253 g/mol. The van der Waals surface area contributed by atoms with Gasteiger partial charge in [0, 0.05) is 12.1 Å². The van der Waals surface area contributed by atoms with Crippen LogP contribution >= 0.6 is 0 Å². The lowest BCUT2D eigenvalue weighted by molar-refractivity contribution is 0.492. The van der Waals surface area contributed by atoms with E-state index in [2.05, 4.69) is 81.5 Å². The highest BCUT2D eigenvalue weighted by atomic mass is 14.9. The van der Waals surface area contributed by atoms with Crippen molar-refractivity contribution in [3.63, 3.8) is 0 Å². The summed E-state index contributed by atoms with van der Waals surface area (Å²) in [6.45, 7) is 8.81. The van der Waals surface area contributed by atoms with E-state index in [1.54, 1.807) is 0 Å². The first-order valence-electron chi connectivity index (χ1n) is 6.96. The molecule has 2 atom stereocenters. The molecule has 0 saturated carbocycles. The zero-order valence-corrected chi connectivity index (χ0v) is 12.3. The molecule has 1 nitrogen and oxygen atoms in total. The van der Waals surface area contributed by atoms with E-state index in [0.717, 1.165) is 0 Å². The summed E-state index contributed by atoms with van der Waals surface area (Å²) in [5.41, 5.74) is 5.45. The van der Waals surface area contributed by atoms with Gasteiger partial charge < -0.3 is 5.32 Å². The lowest BCUT2D eigenvalue weighted by Crippen LogP contribution is -2.23. The number of hydrogen-bond acceptors (Lipinski definition) is 1. The van der Waals surface area contributed by atoms with E-state index in [0.29, 0.717) is 12.1 Å². The summed E-state index contributed by atoms with van der Waals surface area (Å²) in [7, 11) is 0. The maximum atomic E-state index is 3.69. The predicted molar refractivity (Wildman–Crippen MR) is 82.3 cm³/mol. The Morgan fingerprint density at radius 1 is 0.684 bits per heavy atom. The van der Waals surface area contributed by atoms with Crippen LogP contribution < -0.4 is 5.32 Å². The molecule has 2 rings (SSSR count). The Morgan fingerprint density at radius 2 is 1.05 bits per heavy atom. The molecule has 0 saturated heterocycles.